The van der Waals surface area contributed by atoms with Gasteiger partial charge in [0.2, 0.25) is 10.0 Å². The van der Waals surface area contributed by atoms with Crippen LogP contribution in [0.4, 0.5) is 0 Å². The third-order valence-corrected chi connectivity index (χ3v) is 5.69. The lowest BCUT2D eigenvalue weighted by molar-refractivity contribution is 0.514. The highest BCUT2D eigenvalue weighted by molar-refractivity contribution is 7.89. The molecule has 0 saturated heterocycles. The van der Waals surface area contributed by atoms with E-state index in [-0.39, 0.29) is 17.2 Å². The predicted molar refractivity (Wildman–Crippen MR) is 83.6 cm³/mol. The molecule has 1 aromatic carbocycles. The molecule has 1 N–H and O–H groups in total. The van der Waals surface area contributed by atoms with Gasteiger partial charge in [-0.15, -0.1) is 11.6 Å². The Kier molecular flexibility index (Phi) is 5.87. The van der Waals surface area contributed by atoms with Gasteiger partial charge in [0.15, 0.2) is 0 Å². The molecule has 2 rings (SSSR count). The zero-order chi connectivity index (χ0) is 14.4. The van der Waals surface area contributed by atoms with Gasteiger partial charge in [-0.1, -0.05) is 49.6 Å². The van der Waals surface area contributed by atoms with Crippen molar-refractivity contribution in [3.63, 3.8) is 0 Å². The Morgan fingerprint density at radius 1 is 1.10 bits per heavy atom. The second-order valence-corrected chi connectivity index (χ2v) is 7.87. The van der Waals surface area contributed by atoms with Crippen molar-refractivity contribution in [3.05, 3.63) is 35.9 Å². The Labute approximate surface area is 126 Å². The van der Waals surface area contributed by atoms with Crippen LogP contribution in [0.25, 0.3) is 0 Å². The number of hydrogen-bond donors (Lipinski definition) is 1. The molecule has 1 saturated carbocycles. The van der Waals surface area contributed by atoms with Crippen molar-refractivity contribution < 1.29 is 8.42 Å². The molecule has 0 heterocycles. The number of halogens is 1. The van der Waals surface area contributed by atoms with Gasteiger partial charge in [-0.25, -0.2) is 13.1 Å². The van der Waals surface area contributed by atoms with Crippen molar-refractivity contribution >= 4 is 21.6 Å². The van der Waals surface area contributed by atoms with Crippen LogP contribution in [-0.4, -0.2) is 25.6 Å². The van der Waals surface area contributed by atoms with E-state index in [4.69, 9.17) is 11.6 Å². The number of benzene rings is 1. The molecule has 3 nitrogen and oxygen atoms in total. The summed E-state index contributed by atoms with van der Waals surface area (Å²) in [6.45, 7) is 0. The number of sulfonamides is 1. The van der Waals surface area contributed by atoms with E-state index in [1.165, 1.54) is 0 Å². The summed E-state index contributed by atoms with van der Waals surface area (Å²) in [7, 11) is -3.26. The van der Waals surface area contributed by atoms with E-state index in [9.17, 15) is 8.42 Å². The summed E-state index contributed by atoms with van der Waals surface area (Å²) in [5, 5.41) is -0.0796. The van der Waals surface area contributed by atoms with E-state index in [2.05, 4.69) is 4.72 Å². The van der Waals surface area contributed by atoms with Crippen LogP contribution in [0.3, 0.4) is 0 Å². The molecule has 1 aromatic rings. The summed E-state index contributed by atoms with van der Waals surface area (Å²) in [6, 6.07) is 9.57. The smallest absolute Gasteiger partial charge is 0.212 e. The maximum absolute atomic E-state index is 12.2. The SMILES string of the molecule is O=S(=O)(CCc1ccccc1)NC1CCCCCC1Cl. The van der Waals surface area contributed by atoms with Gasteiger partial charge in [-0.2, -0.15) is 0 Å². The molecule has 1 aliphatic carbocycles. The molecule has 20 heavy (non-hydrogen) atoms. The largest absolute Gasteiger partial charge is 0.212 e. The fourth-order valence-corrected chi connectivity index (χ4v) is 4.37. The van der Waals surface area contributed by atoms with Crippen molar-refractivity contribution in [2.75, 3.05) is 5.75 Å². The van der Waals surface area contributed by atoms with Gasteiger partial charge in [0.25, 0.3) is 0 Å². The van der Waals surface area contributed by atoms with Gasteiger partial charge in [-0.05, 0) is 24.8 Å². The summed E-state index contributed by atoms with van der Waals surface area (Å²) in [5.74, 6) is 0.122. The van der Waals surface area contributed by atoms with Crippen LogP contribution in [0, 0.1) is 0 Å². The van der Waals surface area contributed by atoms with Crippen LogP contribution < -0.4 is 4.72 Å². The molecule has 5 heteroatoms. The monoisotopic (exact) mass is 315 g/mol. The summed E-state index contributed by atoms with van der Waals surface area (Å²) >= 11 is 6.28. The van der Waals surface area contributed by atoms with Gasteiger partial charge in [0.05, 0.1) is 5.75 Å². The highest BCUT2D eigenvalue weighted by Crippen LogP contribution is 2.23. The van der Waals surface area contributed by atoms with Crippen molar-refractivity contribution in [2.45, 2.75) is 49.9 Å². The van der Waals surface area contributed by atoms with Crippen molar-refractivity contribution in [2.24, 2.45) is 0 Å². The molecule has 2 atom stereocenters. The Morgan fingerprint density at radius 2 is 1.80 bits per heavy atom. The summed E-state index contributed by atoms with van der Waals surface area (Å²) in [6.07, 6.45) is 5.57. The molecular weight excluding hydrogens is 294 g/mol. The van der Waals surface area contributed by atoms with Gasteiger partial charge < -0.3 is 0 Å². The predicted octanol–water partition coefficient (Wildman–Crippen LogP) is 3.09. The fourth-order valence-electron chi connectivity index (χ4n) is 2.58. The van der Waals surface area contributed by atoms with E-state index < -0.39 is 10.0 Å². The van der Waals surface area contributed by atoms with E-state index in [1.54, 1.807) is 0 Å². The number of nitrogens with one attached hydrogen (secondary N) is 1. The zero-order valence-electron chi connectivity index (χ0n) is 11.6. The van der Waals surface area contributed by atoms with Crippen LogP contribution in [-0.2, 0) is 16.4 Å². The lowest BCUT2D eigenvalue weighted by Gasteiger charge is -2.21. The summed E-state index contributed by atoms with van der Waals surface area (Å²) < 4.78 is 27.1. The highest BCUT2D eigenvalue weighted by atomic mass is 35.5. The van der Waals surface area contributed by atoms with Gasteiger partial charge >= 0.3 is 0 Å². The average molecular weight is 316 g/mol. The Morgan fingerprint density at radius 3 is 2.55 bits per heavy atom. The zero-order valence-corrected chi connectivity index (χ0v) is 13.2. The van der Waals surface area contributed by atoms with E-state index in [0.29, 0.717) is 6.42 Å². The van der Waals surface area contributed by atoms with Crippen molar-refractivity contribution in [3.8, 4) is 0 Å². The molecule has 0 radical (unpaired) electrons. The minimum absolute atomic E-state index is 0.0796. The van der Waals surface area contributed by atoms with E-state index >= 15 is 0 Å². The summed E-state index contributed by atoms with van der Waals surface area (Å²) in [5.41, 5.74) is 1.04. The molecule has 2 unspecified atom stereocenters. The Hall–Kier alpha value is -0.580. The lowest BCUT2D eigenvalue weighted by atomic mass is 10.1. The first-order chi connectivity index (χ1) is 9.57. The maximum Gasteiger partial charge on any atom is 0.212 e. The molecule has 0 aromatic heterocycles. The first-order valence-electron chi connectivity index (χ1n) is 7.25. The topological polar surface area (TPSA) is 46.2 Å². The minimum atomic E-state index is -3.26. The normalized spacial score (nSPS) is 24.2. The molecule has 1 aliphatic rings. The molecule has 1 fully saturated rings. The first kappa shape index (κ1) is 15.8. The van der Waals surface area contributed by atoms with Gasteiger partial charge in [-0.3, -0.25) is 0 Å². The van der Waals surface area contributed by atoms with Crippen LogP contribution in [0.2, 0.25) is 0 Å². The first-order valence-corrected chi connectivity index (χ1v) is 9.34. The molecule has 0 aliphatic heterocycles. The quantitative estimate of drug-likeness (QED) is 0.670. The van der Waals surface area contributed by atoms with Gasteiger partial charge in [0.1, 0.15) is 0 Å². The second kappa shape index (κ2) is 7.43. The van der Waals surface area contributed by atoms with Crippen LogP contribution >= 0.6 is 11.6 Å². The Balaban J connectivity index is 1.89. The van der Waals surface area contributed by atoms with Crippen LogP contribution in [0.15, 0.2) is 30.3 Å². The van der Waals surface area contributed by atoms with Crippen LogP contribution in [0.1, 0.15) is 37.7 Å². The molecular formula is C15H22ClNO2S. The highest BCUT2D eigenvalue weighted by Gasteiger charge is 2.25. The third-order valence-electron chi connectivity index (χ3n) is 3.76. The fraction of sp³-hybridized carbons (Fsp3) is 0.600. The second-order valence-electron chi connectivity index (χ2n) is 5.43. The number of alkyl halides is 1. The van der Waals surface area contributed by atoms with Crippen molar-refractivity contribution in [1.29, 1.82) is 0 Å². The third kappa shape index (κ3) is 5.08. The lowest BCUT2D eigenvalue weighted by Crippen LogP contribution is -2.41. The maximum atomic E-state index is 12.2. The molecule has 0 spiro atoms. The number of hydrogen-bond acceptors (Lipinski definition) is 2. The molecule has 0 bridgehead atoms. The molecule has 0 amide bonds. The van der Waals surface area contributed by atoms with Crippen molar-refractivity contribution in [1.82, 2.24) is 4.72 Å². The standard InChI is InChI=1S/C15H22ClNO2S/c16-14-9-5-2-6-10-15(14)17-20(18,19)12-11-13-7-3-1-4-8-13/h1,3-4,7-8,14-15,17H,2,5-6,9-12H2. The number of aryl methyl sites for hydroxylation is 1. The average Bonchev–Trinajstić information content (AvgIpc) is 2.63. The minimum Gasteiger partial charge on any atom is -0.212 e. The number of rotatable bonds is 5. The molecule has 112 valence electrons. The van der Waals surface area contributed by atoms with E-state index in [1.807, 2.05) is 30.3 Å². The van der Waals surface area contributed by atoms with E-state index in [0.717, 1.165) is 37.7 Å². The van der Waals surface area contributed by atoms with Gasteiger partial charge in [0, 0.05) is 11.4 Å². The van der Waals surface area contributed by atoms with Crippen LogP contribution in [0.5, 0.6) is 0 Å². The summed E-state index contributed by atoms with van der Waals surface area (Å²) in [4.78, 5) is 0. The Bertz CT molecular complexity index is 504.